The van der Waals surface area contributed by atoms with Gasteiger partial charge in [-0.25, -0.2) is 0 Å². The van der Waals surface area contributed by atoms with E-state index in [0.29, 0.717) is 5.41 Å². The zero-order chi connectivity index (χ0) is 7.07. The average Bonchev–Trinajstić information content (AvgIpc) is 1.79. The van der Waals surface area contributed by atoms with Crippen LogP contribution < -0.4 is 0 Å². The number of hydrogen-bond acceptors (Lipinski definition) is 0. The molecule has 0 heteroatoms. The molecule has 1 aliphatic rings. The first-order valence-electron chi connectivity index (χ1n) is 4.02. The summed E-state index contributed by atoms with van der Waals surface area (Å²) in [5, 5.41) is 0. The number of hydrogen-bond donors (Lipinski definition) is 0. The second-order valence-electron chi connectivity index (χ2n) is 4.43. The van der Waals surface area contributed by atoms with Gasteiger partial charge in [-0.3, -0.25) is 0 Å². The van der Waals surface area contributed by atoms with Gasteiger partial charge in [0.05, 0.1) is 0 Å². The molecule has 0 aromatic carbocycles. The third-order valence-electron chi connectivity index (χ3n) is 2.96. The van der Waals surface area contributed by atoms with Crippen molar-refractivity contribution in [3.8, 4) is 0 Å². The Bertz CT molecular complexity index is 103. The highest BCUT2D eigenvalue weighted by atomic mass is 14.4. The predicted octanol–water partition coefficient (Wildman–Crippen LogP) is 3.08. The van der Waals surface area contributed by atoms with E-state index in [1.54, 1.807) is 0 Å². The van der Waals surface area contributed by atoms with Gasteiger partial charge in [-0.05, 0) is 30.1 Å². The summed E-state index contributed by atoms with van der Waals surface area (Å²) in [7, 11) is 0. The van der Waals surface area contributed by atoms with E-state index in [4.69, 9.17) is 0 Å². The molecule has 1 saturated carbocycles. The Morgan fingerprint density at radius 2 is 1.78 bits per heavy atom. The molecule has 0 saturated heterocycles. The molecule has 1 rings (SSSR count). The predicted molar refractivity (Wildman–Crippen MR) is 41.3 cm³/mol. The molecule has 0 N–H and O–H groups in total. The first-order valence-corrected chi connectivity index (χ1v) is 4.02. The quantitative estimate of drug-likeness (QED) is 0.468. The first-order chi connectivity index (χ1) is 4.02. The second kappa shape index (κ2) is 2.00. The summed E-state index contributed by atoms with van der Waals surface area (Å²) in [6.07, 6.45) is 2.86. The molecule has 0 unspecified atom stereocenters. The monoisotopic (exact) mass is 126 g/mol. The molecule has 54 valence electrons. The molecule has 0 bridgehead atoms. The normalized spacial score (nSPS) is 41.3. The van der Waals surface area contributed by atoms with E-state index in [2.05, 4.69) is 27.7 Å². The molecule has 0 aliphatic heterocycles. The van der Waals surface area contributed by atoms with Gasteiger partial charge in [0.25, 0.3) is 0 Å². The fraction of sp³-hybridized carbons (Fsp3) is 1.00. The lowest BCUT2D eigenvalue weighted by atomic mass is 9.83. The fourth-order valence-corrected chi connectivity index (χ4v) is 2.11. The van der Waals surface area contributed by atoms with Crippen LogP contribution in [-0.4, -0.2) is 0 Å². The molecule has 0 heterocycles. The SMILES string of the molecule is C[C@H]1C[C@@H](C)C(C)(C)C1. The summed E-state index contributed by atoms with van der Waals surface area (Å²) in [6.45, 7) is 9.52. The van der Waals surface area contributed by atoms with Gasteiger partial charge in [0.1, 0.15) is 0 Å². The first kappa shape index (κ1) is 7.11. The van der Waals surface area contributed by atoms with Crippen LogP contribution in [-0.2, 0) is 0 Å². The van der Waals surface area contributed by atoms with Crippen LogP contribution in [0.25, 0.3) is 0 Å². The van der Waals surface area contributed by atoms with Gasteiger partial charge in [-0.15, -0.1) is 0 Å². The third kappa shape index (κ3) is 1.28. The molecule has 2 atom stereocenters. The highest BCUT2D eigenvalue weighted by Crippen LogP contribution is 2.45. The molecule has 0 nitrogen and oxygen atoms in total. The lowest BCUT2D eigenvalue weighted by molar-refractivity contribution is 0.278. The lowest BCUT2D eigenvalue weighted by Crippen LogP contribution is -2.13. The zero-order valence-corrected chi connectivity index (χ0v) is 7.07. The van der Waals surface area contributed by atoms with Crippen LogP contribution in [0.4, 0.5) is 0 Å². The van der Waals surface area contributed by atoms with E-state index >= 15 is 0 Å². The molecule has 9 heavy (non-hydrogen) atoms. The van der Waals surface area contributed by atoms with E-state index in [9.17, 15) is 0 Å². The lowest BCUT2D eigenvalue weighted by Gasteiger charge is -2.22. The minimum Gasteiger partial charge on any atom is -0.0625 e. The van der Waals surface area contributed by atoms with E-state index in [1.165, 1.54) is 12.8 Å². The minimum absolute atomic E-state index is 0.624. The molecular weight excluding hydrogens is 108 g/mol. The Kier molecular flexibility index (Phi) is 1.58. The largest absolute Gasteiger partial charge is 0.0625 e. The average molecular weight is 126 g/mol. The van der Waals surface area contributed by atoms with Gasteiger partial charge in [0.15, 0.2) is 0 Å². The Hall–Kier alpha value is 0. The number of rotatable bonds is 0. The van der Waals surface area contributed by atoms with Gasteiger partial charge >= 0.3 is 0 Å². The zero-order valence-electron chi connectivity index (χ0n) is 7.07. The Morgan fingerprint density at radius 3 is 1.89 bits per heavy atom. The fourth-order valence-electron chi connectivity index (χ4n) is 2.11. The maximum Gasteiger partial charge on any atom is -0.0326 e. The molecular formula is C9H18. The molecule has 1 aliphatic carbocycles. The van der Waals surface area contributed by atoms with Crippen LogP contribution in [0.15, 0.2) is 0 Å². The van der Waals surface area contributed by atoms with Crippen molar-refractivity contribution < 1.29 is 0 Å². The summed E-state index contributed by atoms with van der Waals surface area (Å²) < 4.78 is 0. The van der Waals surface area contributed by atoms with E-state index in [1.807, 2.05) is 0 Å². The van der Waals surface area contributed by atoms with Gasteiger partial charge in [-0.2, -0.15) is 0 Å². The van der Waals surface area contributed by atoms with Crippen LogP contribution in [0.5, 0.6) is 0 Å². The van der Waals surface area contributed by atoms with Gasteiger partial charge in [0.2, 0.25) is 0 Å². The van der Waals surface area contributed by atoms with Crippen molar-refractivity contribution in [1.29, 1.82) is 0 Å². The van der Waals surface area contributed by atoms with Gasteiger partial charge < -0.3 is 0 Å². The topological polar surface area (TPSA) is 0 Å². The summed E-state index contributed by atoms with van der Waals surface area (Å²) in [6, 6.07) is 0. The van der Waals surface area contributed by atoms with Crippen molar-refractivity contribution in [2.75, 3.05) is 0 Å². The molecule has 0 aromatic heterocycles. The molecule has 1 fully saturated rings. The summed E-state index contributed by atoms with van der Waals surface area (Å²) in [5.74, 6) is 1.91. The second-order valence-corrected chi connectivity index (χ2v) is 4.43. The molecule has 0 radical (unpaired) electrons. The van der Waals surface area contributed by atoms with Gasteiger partial charge in [-0.1, -0.05) is 27.7 Å². The maximum absolute atomic E-state index is 2.39. The van der Waals surface area contributed by atoms with E-state index in [-0.39, 0.29) is 0 Å². The highest BCUT2D eigenvalue weighted by Gasteiger charge is 2.34. The van der Waals surface area contributed by atoms with Crippen molar-refractivity contribution in [3.63, 3.8) is 0 Å². The van der Waals surface area contributed by atoms with Crippen LogP contribution in [0.1, 0.15) is 40.5 Å². The smallest absolute Gasteiger partial charge is 0.0326 e. The summed E-state index contributed by atoms with van der Waals surface area (Å²) >= 11 is 0. The summed E-state index contributed by atoms with van der Waals surface area (Å²) in [5.41, 5.74) is 0.624. The Balaban J connectivity index is 2.58. The maximum atomic E-state index is 2.39. The van der Waals surface area contributed by atoms with Crippen molar-refractivity contribution in [1.82, 2.24) is 0 Å². The molecule has 0 aromatic rings. The van der Waals surface area contributed by atoms with Crippen LogP contribution in [0, 0.1) is 17.3 Å². The Morgan fingerprint density at radius 1 is 1.22 bits per heavy atom. The summed E-state index contributed by atoms with van der Waals surface area (Å²) in [4.78, 5) is 0. The van der Waals surface area contributed by atoms with Crippen LogP contribution in [0.3, 0.4) is 0 Å². The molecule has 0 spiro atoms. The van der Waals surface area contributed by atoms with Crippen molar-refractivity contribution in [2.45, 2.75) is 40.5 Å². The standard InChI is InChI=1S/C9H18/c1-7-5-8(2)9(3,4)6-7/h7-8H,5-6H2,1-4H3/t7-,8+/m0/s1. The van der Waals surface area contributed by atoms with E-state index < -0.39 is 0 Å². The van der Waals surface area contributed by atoms with Crippen LogP contribution >= 0.6 is 0 Å². The highest BCUT2D eigenvalue weighted by molar-refractivity contribution is 4.85. The third-order valence-corrected chi connectivity index (χ3v) is 2.96. The van der Waals surface area contributed by atoms with Crippen molar-refractivity contribution in [2.24, 2.45) is 17.3 Å². The van der Waals surface area contributed by atoms with Crippen molar-refractivity contribution >= 4 is 0 Å². The van der Waals surface area contributed by atoms with Crippen molar-refractivity contribution in [3.05, 3.63) is 0 Å². The van der Waals surface area contributed by atoms with E-state index in [0.717, 1.165) is 11.8 Å². The molecule has 0 amide bonds. The minimum atomic E-state index is 0.624. The van der Waals surface area contributed by atoms with Crippen LogP contribution in [0.2, 0.25) is 0 Å². The van der Waals surface area contributed by atoms with Gasteiger partial charge in [0, 0.05) is 0 Å². The Labute approximate surface area is 58.7 Å².